The molecular weight excluding hydrogens is 268 g/mol. The topological polar surface area (TPSA) is 62.7 Å². The number of carbonyl (C=O) groups is 1. The predicted molar refractivity (Wildman–Crippen MR) is 81.5 cm³/mol. The van der Waals surface area contributed by atoms with Gasteiger partial charge in [0.05, 0.1) is 19.2 Å². The van der Waals surface area contributed by atoms with Gasteiger partial charge >= 0.3 is 5.97 Å². The maximum Gasteiger partial charge on any atom is 0.304 e. The van der Waals surface area contributed by atoms with E-state index in [2.05, 4.69) is 9.88 Å². The fourth-order valence-electron chi connectivity index (χ4n) is 2.24. The van der Waals surface area contributed by atoms with E-state index in [-0.39, 0.29) is 6.42 Å². The fraction of sp³-hybridized carbons (Fsp3) is 0.375. The molecule has 2 rings (SSSR count). The molecule has 1 aromatic heterocycles. The number of nitrogens with zero attached hydrogens (tertiary/aromatic N) is 2. The summed E-state index contributed by atoms with van der Waals surface area (Å²) in [6, 6.07) is 9.82. The average Bonchev–Trinajstić information content (AvgIpc) is 2.50. The first-order valence-electron chi connectivity index (χ1n) is 7.00. The highest BCUT2D eigenvalue weighted by atomic mass is 16.5. The van der Waals surface area contributed by atoms with E-state index < -0.39 is 5.97 Å². The zero-order valence-electron chi connectivity index (χ0n) is 12.4. The summed E-state index contributed by atoms with van der Waals surface area (Å²) >= 11 is 0. The van der Waals surface area contributed by atoms with Crippen molar-refractivity contribution in [3.05, 3.63) is 36.0 Å². The number of hydrogen-bond acceptors (Lipinski definition) is 4. The van der Waals surface area contributed by atoms with Crippen LogP contribution in [0.5, 0.6) is 5.75 Å². The van der Waals surface area contributed by atoms with Crippen molar-refractivity contribution >= 4 is 16.9 Å². The quantitative estimate of drug-likeness (QED) is 0.848. The van der Waals surface area contributed by atoms with Gasteiger partial charge in [-0.1, -0.05) is 25.1 Å². The standard InChI is InChI=1S/C16H20N2O3/c1-3-18(10-9-15(19)20)11-13-8-7-12-5-4-6-14(21-2)16(12)17-13/h4-8H,3,9-11H2,1-2H3,(H,19,20). The van der Waals surface area contributed by atoms with Gasteiger partial charge in [0, 0.05) is 18.5 Å². The smallest absolute Gasteiger partial charge is 0.304 e. The number of rotatable bonds is 7. The monoisotopic (exact) mass is 288 g/mol. The molecule has 0 aliphatic rings. The third-order valence-corrected chi connectivity index (χ3v) is 3.44. The number of pyridine rings is 1. The van der Waals surface area contributed by atoms with Crippen molar-refractivity contribution in [1.82, 2.24) is 9.88 Å². The SMILES string of the molecule is CCN(CCC(=O)O)Cc1ccc2cccc(OC)c2n1. The molecule has 0 fully saturated rings. The van der Waals surface area contributed by atoms with Gasteiger partial charge in [-0.2, -0.15) is 0 Å². The number of carboxylic acid groups (broad SMARTS) is 1. The summed E-state index contributed by atoms with van der Waals surface area (Å²) in [5.41, 5.74) is 1.76. The lowest BCUT2D eigenvalue weighted by Gasteiger charge is -2.19. The maximum absolute atomic E-state index is 10.7. The highest BCUT2D eigenvalue weighted by Crippen LogP contribution is 2.23. The van der Waals surface area contributed by atoms with Crippen molar-refractivity contribution in [2.75, 3.05) is 20.2 Å². The second kappa shape index (κ2) is 7.04. The molecule has 0 saturated heterocycles. The minimum absolute atomic E-state index is 0.144. The molecule has 0 atom stereocenters. The van der Waals surface area contributed by atoms with Gasteiger partial charge < -0.3 is 9.84 Å². The molecule has 0 unspecified atom stereocenters. The number of aromatic nitrogens is 1. The minimum atomic E-state index is -0.776. The zero-order chi connectivity index (χ0) is 15.2. The first kappa shape index (κ1) is 15.3. The summed E-state index contributed by atoms with van der Waals surface area (Å²) in [7, 11) is 1.63. The van der Waals surface area contributed by atoms with Gasteiger partial charge in [-0.05, 0) is 18.7 Å². The van der Waals surface area contributed by atoms with Crippen molar-refractivity contribution in [2.24, 2.45) is 0 Å². The summed E-state index contributed by atoms with van der Waals surface area (Å²) in [6.45, 7) is 3.97. The van der Waals surface area contributed by atoms with Gasteiger partial charge in [-0.25, -0.2) is 4.98 Å². The second-order valence-electron chi connectivity index (χ2n) is 4.85. The van der Waals surface area contributed by atoms with Crippen LogP contribution in [0, 0.1) is 0 Å². The van der Waals surface area contributed by atoms with Crippen molar-refractivity contribution in [3.63, 3.8) is 0 Å². The number of methoxy groups -OCH3 is 1. The molecule has 0 bridgehead atoms. The molecular formula is C16H20N2O3. The summed E-state index contributed by atoms with van der Waals surface area (Å²) in [6.07, 6.45) is 0.144. The molecule has 5 nitrogen and oxygen atoms in total. The fourth-order valence-corrected chi connectivity index (χ4v) is 2.24. The lowest BCUT2D eigenvalue weighted by atomic mass is 10.2. The van der Waals surface area contributed by atoms with Gasteiger partial charge in [0.1, 0.15) is 11.3 Å². The molecule has 1 heterocycles. The Labute approximate surface area is 124 Å². The first-order valence-corrected chi connectivity index (χ1v) is 7.00. The van der Waals surface area contributed by atoms with Crippen LogP contribution in [0.3, 0.4) is 0 Å². The van der Waals surface area contributed by atoms with Crippen molar-refractivity contribution in [3.8, 4) is 5.75 Å². The summed E-state index contributed by atoms with van der Waals surface area (Å²) in [4.78, 5) is 17.4. The van der Waals surface area contributed by atoms with Crippen LogP contribution < -0.4 is 4.74 Å². The molecule has 1 aromatic carbocycles. The van der Waals surface area contributed by atoms with Crippen molar-refractivity contribution in [2.45, 2.75) is 19.9 Å². The van der Waals surface area contributed by atoms with Gasteiger partial charge in [0.15, 0.2) is 0 Å². The molecule has 0 radical (unpaired) electrons. The van der Waals surface area contributed by atoms with E-state index in [4.69, 9.17) is 9.84 Å². The van der Waals surface area contributed by atoms with Crippen molar-refractivity contribution < 1.29 is 14.6 Å². The van der Waals surface area contributed by atoms with E-state index in [0.717, 1.165) is 28.9 Å². The second-order valence-corrected chi connectivity index (χ2v) is 4.85. The summed E-state index contributed by atoms with van der Waals surface area (Å²) in [5.74, 6) is -0.0236. The van der Waals surface area contributed by atoms with Crippen LogP contribution in [0.1, 0.15) is 19.0 Å². The summed E-state index contributed by atoms with van der Waals surface area (Å²) in [5, 5.41) is 9.81. The third-order valence-electron chi connectivity index (χ3n) is 3.44. The summed E-state index contributed by atoms with van der Waals surface area (Å²) < 4.78 is 5.34. The van der Waals surface area contributed by atoms with Gasteiger partial charge in [-0.15, -0.1) is 0 Å². The highest BCUT2D eigenvalue weighted by molar-refractivity contribution is 5.84. The molecule has 0 amide bonds. The normalized spacial score (nSPS) is 11.0. The third kappa shape index (κ3) is 3.92. The first-order chi connectivity index (χ1) is 10.1. The number of para-hydroxylation sites is 1. The Kier molecular flexibility index (Phi) is 5.11. The Hall–Kier alpha value is -2.14. The van der Waals surface area contributed by atoms with Crippen LogP contribution in [-0.4, -0.2) is 41.2 Å². The van der Waals surface area contributed by atoms with E-state index in [9.17, 15) is 4.79 Å². The van der Waals surface area contributed by atoms with Crippen LogP contribution in [0.4, 0.5) is 0 Å². The molecule has 112 valence electrons. The number of aliphatic carboxylic acids is 1. The molecule has 0 saturated carbocycles. The van der Waals surface area contributed by atoms with Gasteiger partial charge in [0.25, 0.3) is 0 Å². The van der Waals surface area contributed by atoms with Crippen molar-refractivity contribution in [1.29, 1.82) is 0 Å². The molecule has 0 aliphatic heterocycles. The molecule has 5 heteroatoms. The van der Waals surface area contributed by atoms with Crippen LogP contribution in [-0.2, 0) is 11.3 Å². The van der Waals surface area contributed by atoms with Crippen LogP contribution in [0.2, 0.25) is 0 Å². The number of fused-ring (bicyclic) bond motifs is 1. The Morgan fingerprint density at radius 1 is 1.33 bits per heavy atom. The van der Waals surface area contributed by atoms with E-state index in [1.165, 1.54) is 0 Å². The predicted octanol–water partition coefficient (Wildman–Crippen LogP) is 2.54. The molecule has 21 heavy (non-hydrogen) atoms. The van der Waals surface area contributed by atoms with E-state index in [1.54, 1.807) is 7.11 Å². The minimum Gasteiger partial charge on any atom is -0.494 e. The van der Waals surface area contributed by atoms with Crippen LogP contribution >= 0.6 is 0 Å². The number of ether oxygens (including phenoxy) is 1. The Morgan fingerprint density at radius 2 is 2.14 bits per heavy atom. The number of hydrogen-bond donors (Lipinski definition) is 1. The zero-order valence-corrected chi connectivity index (χ0v) is 12.4. The largest absolute Gasteiger partial charge is 0.494 e. The van der Waals surface area contributed by atoms with Crippen LogP contribution in [0.25, 0.3) is 10.9 Å². The lowest BCUT2D eigenvalue weighted by Crippen LogP contribution is -2.26. The number of benzene rings is 1. The van der Waals surface area contributed by atoms with E-state index in [1.807, 2.05) is 37.3 Å². The lowest BCUT2D eigenvalue weighted by molar-refractivity contribution is -0.137. The maximum atomic E-state index is 10.7. The molecule has 2 aromatic rings. The number of carboxylic acids is 1. The Morgan fingerprint density at radius 3 is 2.81 bits per heavy atom. The Bertz CT molecular complexity index is 628. The van der Waals surface area contributed by atoms with Crippen LogP contribution in [0.15, 0.2) is 30.3 Å². The van der Waals surface area contributed by atoms with Gasteiger partial charge in [-0.3, -0.25) is 9.69 Å². The molecule has 1 N–H and O–H groups in total. The average molecular weight is 288 g/mol. The molecule has 0 aliphatic carbocycles. The highest BCUT2D eigenvalue weighted by Gasteiger charge is 2.09. The van der Waals surface area contributed by atoms with E-state index >= 15 is 0 Å². The Balaban J connectivity index is 2.19. The van der Waals surface area contributed by atoms with E-state index in [0.29, 0.717) is 13.1 Å². The van der Waals surface area contributed by atoms with Gasteiger partial charge in [0.2, 0.25) is 0 Å². The molecule has 0 spiro atoms.